The Morgan fingerprint density at radius 1 is 1.03 bits per heavy atom. The number of likely N-dealkylation sites (tertiary alicyclic amines) is 1. The quantitative estimate of drug-likeness (QED) is 0.828. The minimum atomic E-state index is -0.528. The number of carbonyl (C=O) groups excluding carboxylic acids is 2. The summed E-state index contributed by atoms with van der Waals surface area (Å²) in [5.41, 5.74) is 3.36. The van der Waals surface area contributed by atoms with Crippen LogP contribution in [-0.4, -0.2) is 60.5 Å². The van der Waals surface area contributed by atoms with Gasteiger partial charge in [-0.3, -0.25) is 14.5 Å². The van der Waals surface area contributed by atoms with Crippen LogP contribution in [0, 0.1) is 6.92 Å². The van der Waals surface area contributed by atoms with Gasteiger partial charge in [-0.25, -0.2) is 0 Å². The Morgan fingerprint density at radius 3 is 2.57 bits per heavy atom. The van der Waals surface area contributed by atoms with Gasteiger partial charge in [0.05, 0.1) is 6.61 Å². The van der Waals surface area contributed by atoms with Crippen LogP contribution in [0.2, 0.25) is 0 Å². The Kier molecular flexibility index (Phi) is 6.45. The molecule has 4 rings (SSSR count). The van der Waals surface area contributed by atoms with E-state index in [-0.39, 0.29) is 11.8 Å². The van der Waals surface area contributed by atoms with Crippen LogP contribution in [0.3, 0.4) is 0 Å². The SMILES string of the molecule is Cc1c(NC(=O)C2CN(Cc3ccccc3)CCO2)cccc1C(=O)N1CCCC1. The second-order valence-corrected chi connectivity index (χ2v) is 8.05. The first kappa shape index (κ1) is 20.6. The zero-order chi connectivity index (χ0) is 20.9. The summed E-state index contributed by atoms with van der Waals surface area (Å²) in [6, 6.07) is 15.8. The lowest BCUT2D eigenvalue weighted by molar-refractivity contribution is -0.133. The highest BCUT2D eigenvalue weighted by atomic mass is 16.5. The molecule has 0 spiro atoms. The normalized spacial score (nSPS) is 19.6. The average Bonchev–Trinajstić information content (AvgIpc) is 3.31. The molecule has 1 N–H and O–H groups in total. The zero-order valence-corrected chi connectivity index (χ0v) is 17.5. The fraction of sp³-hybridized carbons (Fsp3) is 0.417. The van der Waals surface area contributed by atoms with Crippen molar-refractivity contribution >= 4 is 17.5 Å². The van der Waals surface area contributed by atoms with Gasteiger partial charge in [-0.05, 0) is 43.0 Å². The summed E-state index contributed by atoms with van der Waals surface area (Å²) in [4.78, 5) is 29.8. The number of hydrogen-bond acceptors (Lipinski definition) is 4. The number of morpholine rings is 1. The molecule has 2 amide bonds. The molecule has 158 valence electrons. The van der Waals surface area contributed by atoms with Crippen molar-refractivity contribution < 1.29 is 14.3 Å². The predicted octanol–water partition coefficient (Wildman–Crippen LogP) is 3.07. The van der Waals surface area contributed by atoms with E-state index in [1.54, 1.807) is 0 Å². The maximum Gasteiger partial charge on any atom is 0.254 e. The van der Waals surface area contributed by atoms with Gasteiger partial charge in [-0.15, -0.1) is 0 Å². The maximum absolute atomic E-state index is 12.9. The molecule has 2 saturated heterocycles. The van der Waals surface area contributed by atoms with Crippen LogP contribution in [0.5, 0.6) is 0 Å². The largest absolute Gasteiger partial charge is 0.366 e. The van der Waals surface area contributed by atoms with Crippen LogP contribution in [0.25, 0.3) is 0 Å². The van der Waals surface area contributed by atoms with E-state index in [9.17, 15) is 9.59 Å². The second-order valence-electron chi connectivity index (χ2n) is 8.05. The van der Waals surface area contributed by atoms with Crippen molar-refractivity contribution in [2.45, 2.75) is 32.4 Å². The molecule has 0 bridgehead atoms. The van der Waals surface area contributed by atoms with Crippen LogP contribution in [-0.2, 0) is 16.1 Å². The minimum Gasteiger partial charge on any atom is -0.366 e. The Bertz CT molecular complexity index is 894. The summed E-state index contributed by atoms with van der Waals surface area (Å²) < 4.78 is 5.75. The lowest BCUT2D eigenvalue weighted by atomic mass is 10.0. The van der Waals surface area contributed by atoms with Gasteiger partial charge >= 0.3 is 0 Å². The van der Waals surface area contributed by atoms with Crippen molar-refractivity contribution in [3.8, 4) is 0 Å². The van der Waals surface area contributed by atoms with Crippen LogP contribution in [0.15, 0.2) is 48.5 Å². The number of ether oxygens (including phenoxy) is 1. The maximum atomic E-state index is 12.9. The molecule has 2 aromatic carbocycles. The highest BCUT2D eigenvalue weighted by Gasteiger charge is 2.28. The predicted molar refractivity (Wildman–Crippen MR) is 116 cm³/mol. The summed E-state index contributed by atoms with van der Waals surface area (Å²) in [5, 5.41) is 2.99. The van der Waals surface area contributed by atoms with E-state index in [0.29, 0.717) is 24.4 Å². The fourth-order valence-electron chi connectivity index (χ4n) is 4.15. The van der Waals surface area contributed by atoms with Crippen molar-refractivity contribution in [2.75, 3.05) is 38.1 Å². The third-order valence-electron chi connectivity index (χ3n) is 5.91. The molecule has 1 unspecified atom stereocenters. The number of anilines is 1. The topological polar surface area (TPSA) is 61.9 Å². The van der Waals surface area contributed by atoms with E-state index in [2.05, 4.69) is 22.3 Å². The number of benzene rings is 2. The van der Waals surface area contributed by atoms with E-state index in [1.165, 1.54) is 5.56 Å². The number of hydrogen-bond donors (Lipinski definition) is 1. The Morgan fingerprint density at radius 2 is 1.80 bits per heavy atom. The van der Waals surface area contributed by atoms with Gasteiger partial charge in [0.15, 0.2) is 0 Å². The first-order valence-electron chi connectivity index (χ1n) is 10.7. The van der Waals surface area contributed by atoms with Crippen molar-refractivity contribution in [1.82, 2.24) is 9.80 Å². The molecular weight excluding hydrogens is 378 g/mol. The molecule has 1 atom stereocenters. The Hall–Kier alpha value is -2.70. The molecule has 6 nitrogen and oxygen atoms in total. The standard InChI is InChI=1S/C24H29N3O3/c1-18-20(24(29)27-12-5-6-13-27)10-7-11-21(18)25-23(28)22-17-26(14-15-30-22)16-19-8-3-2-4-9-19/h2-4,7-11,22H,5-6,12-17H2,1H3,(H,25,28). The summed E-state index contributed by atoms with van der Waals surface area (Å²) in [7, 11) is 0. The van der Waals surface area contributed by atoms with Gasteiger partial charge in [0.2, 0.25) is 0 Å². The molecule has 2 heterocycles. The molecule has 0 saturated carbocycles. The highest BCUT2D eigenvalue weighted by molar-refractivity contribution is 6.00. The monoisotopic (exact) mass is 407 g/mol. The van der Waals surface area contributed by atoms with Gasteiger partial charge in [0.25, 0.3) is 11.8 Å². The lowest BCUT2D eigenvalue weighted by Gasteiger charge is -2.32. The first-order chi connectivity index (χ1) is 14.6. The van der Waals surface area contributed by atoms with Gasteiger partial charge < -0.3 is 15.0 Å². The number of nitrogens with zero attached hydrogens (tertiary/aromatic N) is 2. The smallest absolute Gasteiger partial charge is 0.254 e. The van der Waals surface area contributed by atoms with Crippen molar-refractivity contribution in [1.29, 1.82) is 0 Å². The van der Waals surface area contributed by atoms with Crippen molar-refractivity contribution in [3.63, 3.8) is 0 Å². The third kappa shape index (κ3) is 4.71. The molecule has 6 heteroatoms. The number of carbonyl (C=O) groups is 2. The summed E-state index contributed by atoms with van der Waals surface area (Å²) in [5.74, 6) is -0.120. The van der Waals surface area contributed by atoms with Crippen LogP contribution in [0.4, 0.5) is 5.69 Å². The van der Waals surface area contributed by atoms with Crippen LogP contribution in [0.1, 0.15) is 34.3 Å². The fourth-order valence-corrected chi connectivity index (χ4v) is 4.15. The van der Waals surface area contributed by atoms with E-state index in [4.69, 9.17) is 4.74 Å². The van der Waals surface area contributed by atoms with E-state index >= 15 is 0 Å². The highest BCUT2D eigenvalue weighted by Crippen LogP contribution is 2.23. The van der Waals surface area contributed by atoms with E-state index in [1.807, 2.05) is 48.2 Å². The first-order valence-corrected chi connectivity index (χ1v) is 10.7. The van der Waals surface area contributed by atoms with Crippen molar-refractivity contribution in [2.24, 2.45) is 0 Å². The van der Waals surface area contributed by atoms with Crippen molar-refractivity contribution in [3.05, 3.63) is 65.2 Å². The molecule has 0 radical (unpaired) electrons. The minimum absolute atomic E-state index is 0.0454. The van der Waals surface area contributed by atoms with Gasteiger partial charge in [0.1, 0.15) is 6.10 Å². The molecule has 2 fully saturated rings. The molecule has 0 aromatic heterocycles. The number of amides is 2. The van der Waals surface area contributed by atoms with Gasteiger partial charge in [-0.1, -0.05) is 36.4 Å². The summed E-state index contributed by atoms with van der Waals surface area (Å²) >= 11 is 0. The summed E-state index contributed by atoms with van der Waals surface area (Å²) in [6.07, 6.45) is 1.58. The lowest BCUT2D eigenvalue weighted by Crippen LogP contribution is -2.47. The van der Waals surface area contributed by atoms with Gasteiger partial charge in [0, 0.05) is 44.0 Å². The van der Waals surface area contributed by atoms with Gasteiger partial charge in [-0.2, -0.15) is 0 Å². The number of rotatable bonds is 5. The molecule has 2 aliphatic rings. The molecule has 0 aliphatic carbocycles. The molecule has 30 heavy (non-hydrogen) atoms. The average molecular weight is 408 g/mol. The molecular formula is C24H29N3O3. The zero-order valence-electron chi connectivity index (χ0n) is 17.5. The van der Waals surface area contributed by atoms with Crippen LogP contribution >= 0.6 is 0 Å². The molecule has 2 aliphatic heterocycles. The Labute approximate surface area is 177 Å². The molecule has 2 aromatic rings. The van der Waals surface area contributed by atoms with Crippen LogP contribution < -0.4 is 5.32 Å². The summed E-state index contributed by atoms with van der Waals surface area (Å²) in [6.45, 7) is 6.18. The number of nitrogens with one attached hydrogen (secondary N) is 1. The van der Waals surface area contributed by atoms with E-state index in [0.717, 1.165) is 44.6 Å². The Balaban J connectivity index is 1.40. The van der Waals surface area contributed by atoms with E-state index < -0.39 is 6.10 Å². The second kappa shape index (κ2) is 9.41. The third-order valence-corrected chi connectivity index (χ3v) is 5.91.